The second kappa shape index (κ2) is 6.71. The van der Waals surface area contributed by atoms with Crippen LogP contribution in [0.5, 0.6) is 0 Å². The Kier molecular flexibility index (Phi) is 4.95. The standard InChI is InChI=1S/C14H15BrFN3O2/c1-3-21-14(20)10-7-18-19(2)13(10)8-17-12-6-9(16)4-5-11(12)15/h4-7,17H,3,8H2,1-2H3. The van der Waals surface area contributed by atoms with Gasteiger partial charge in [0.25, 0.3) is 0 Å². The van der Waals surface area contributed by atoms with Gasteiger partial charge in [-0.1, -0.05) is 0 Å². The van der Waals surface area contributed by atoms with E-state index in [9.17, 15) is 9.18 Å². The van der Waals surface area contributed by atoms with Gasteiger partial charge in [0, 0.05) is 11.5 Å². The van der Waals surface area contributed by atoms with Gasteiger partial charge in [-0.2, -0.15) is 5.10 Å². The molecule has 0 fully saturated rings. The fourth-order valence-corrected chi connectivity index (χ4v) is 2.25. The van der Waals surface area contributed by atoms with E-state index in [1.165, 1.54) is 18.3 Å². The molecule has 0 aliphatic heterocycles. The quantitative estimate of drug-likeness (QED) is 0.837. The van der Waals surface area contributed by atoms with Crippen LogP contribution in [0.1, 0.15) is 23.0 Å². The number of ether oxygens (including phenoxy) is 1. The molecule has 0 radical (unpaired) electrons. The Morgan fingerprint density at radius 2 is 2.29 bits per heavy atom. The van der Waals surface area contributed by atoms with Gasteiger partial charge in [0.05, 0.1) is 30.7 Å². The fourth-order valence-electron chi connectivity index (χ4n) is 1.86. The van der Waals surface area contributed by atoms with Crippen LogP contribution in [0.3, 0.4) is 0 Å². The van der Waals surface area contributed by atoms with Crippen molar-refractivity contribution < 1.29 is 13.9 Å². The van der Waals surface area contributed by atoms with Gasteiger partial charge in [-0.3, -0.25) is 4.68 Å². The largest absolute Gasteiger partial charge is 0.462 e. The third-order valence-electron chi connectivity index (χ3n) is 2.93. The van der Waals surface area contributed by atoms with Crippen molar-refractivity contribution in [2.75, 3.05) is 11.9 Å². The van der Waals surface area contributed by atoms with Crippen LogP contribution < -0.4 is 5.32 Å². The molecule has 21 heavy (non-hydrogen) atoms. The van der Waals surface area contributed by atoms with Gasteiger partial charge in [0.15, 0.2) is 0 Å². The summed E-state index contributed by atoms with van der Waals surface area (Å²) < 4.78 is 20.6. The molecule has 2 aromatic rings. The third kappa shape index (κ3) is 3.60. The molecule has 0 unspecified atom stereocenters. The van der Waals surface area contributed by atoms with Crippen LogP contribution in [-0.2, 0) is 18.3 Å². The first kappa shape index (κ1) is 15.5. The summed E-state index contributed by atoms with van der Waals surface area (Å²) in [5, 5.41) is 7.14. The van der Waals surface area contributed by atoms with E-state index in [1.807, 2.05) is 0 Å². The first-order chi connectivity index (χ1) is 10.0. The fraction of sp³-hybridized carbons (Fsp3) is 0.286. The van der Waals surface area contributed by atoms with Gasteiger partial charge < -0.3 is 10.1 Å². The monoisotopic (exact) mass is 355 g/mol. The average Bonchev–Trinajstić information content (AvgIpc) is 2.81. The normalized spacial score (nSPS) is 10.5. The number of benzene rings is 1. The molecule has 0 aliphatic carbocycles. The molecule has 5 nitrogen and oxygen atoms in total. The predicted octanol–water partition coefficient (Wildman–Crippen LogP) is 3.11. The average molecular weight is 356 g/mol. The number of nitrogens with zero attached hydrogens (tertiary/aromatic N) is 2. The van der Waals surface area contributed by atoms with Crippen molar-refractivity contribution in [2.24, 2.45) is 7.05 Å². The number of nitrogens with one attached hydrogen (secondary N) is 1. The SMILES string of the molecule is CCOC(=O)c1cnn(C)c1CNc1cc(F)ccc1Br. The second-order valence-corrected chi connectivity index (χ2v) is 5.18. The molecular weight excluding hydrogens is 341 g/mol. The summed E-state index contributed by atoms with van der Waals surface area (Å²) >= 11 is 3.34. The summed E-state index contributed by atoms with van der Waals surface area (Å²) in [6, 6.07) is 4.36. The van der Waals surface area contributed by atoms with Gasteiger partial charge in [0.2, 0.25) is 0 Å². The molecule has 0 bridgehead atoms. The summed E-state index contributed by atoms with van der Waals surface area (Å²) in [5.74, 6) is -0.753. The number of carbonyl (C=O) groups is 1. The maximum atomic E-state index is 13.2. The van der Waals surface area contributed by atoms with Crippen LogP contribution in [0.4, 0.5) is 10.1 Å². The lowest BCUT2D eigenvalue weighted by Gasteiger charge is -2.10. The molecule has 0 amide bonds. The molecular formula is C14H15BrFN3O2. The van der Waals surface area contributed by atoms with Crippen LogP contribution in [0, 0.1) is 5.82 Å². The second-order valence-electron chi connectivity index (χ2n) is 4.33. The third-order valence-corrected chi connectivity index (χ3v) is 3.62. The number of hydrogen-bond donors (Lipinski definition) is 1. The minimum atomic E-state index is -0.416. The molecule has 0 saturated heterocycles. The number of esters is 1. The smallest absolute Gasteiger partial charge is 0.341 e. The first-order valence-corrected chi connectivity index (χ1v) is 7.19. The lowest BCUT2D eigenvalue weighted by atomic mass is 10.2. The van der Waals surface area contributed by atoms with Crippen LogP contribution in [-0.4, -0.2) is 22.4 Å². The van der Waals surface area contributed by atoms with Gasteiger partial charge >= 0.3 is 5.97 Å². The Bertz CT molecular complexity index is 658. The lowest BCUT2D eigenvalue weighted by Crippen LogP contribution is -2.12. The molecule has 1 aromatic carbocycles. The van der Waals surface area contributed by atoms with Crippen molar-refractivity contribution in [3.63, 3.8) is 0 Å². The Hall–Kier alpha value is -1.89. The number of rotatable bonds is 5. The van der Waals surface area contributed by atoms with Gasteiger partial charge in [-0.15, -0.1) is 0 Å². The number of anilines is 1. The van der Waals surface area contributed by atoms with E-state index >= 15 is 0 Å². The highest BCUT2D eigenvalue weighted by atomic mass is 79.9. The summed E-state index contributed by atoms with van der Waals surface area (Å²) in [7, 11) is 1.74. The van der Waals surface area contributed by atoms with Crippen molar-refractivity contribution in [3.05, 3.63) is 45.9 Å². The van der Waals surface area contributed by atoms with Crippen LogP contribution in [0.2, 0.25) is 0 Å². The van der Waals surface area contributed by atoms with Gasteiger partial charge in [-0.05, 0) is 41.1 Å². The zero-order valence-corrected chi connectivity index (χ0v) is 13.3. The summed E-state index contributed by atoms with van der Waals surface area (Å²) in [4.78, 5) is 11.8. The Morgan fingerprint density at radius 1 is 1.52 bits per heavy atom. The summed E-state index contributed by atoms with van der Waals surface area (Å²) in [6.45, 7) is 2.37. The molecule has 0 aliphatic rings. The predicted molar refractivity (Wildman–Crippen MR) is 80.6 cm³/mol. The molecule has 0 atom stereocenters. The molecule has 0 saturated carbocycles. The minimum absolute atomic E-state index is 0.302. The number of carbonyl (C=O) groups excluding carboxylic acids is 1. The molecule has 0 spiro atoms. The van der Waals surface area contributed by atoms with Crippen molar-refractivity contribution in [3.8, 4) is 0 Å². The van der Waals surface area contributed by atoms with Crippen molar-refractivity contribution in [1.82, 2.24) is 9.78 Å². The zero-order valence-electron chi connectivity index (χ0n) is 11.7. The molecule has 1 N–H and O–H groups in total. The van der Waals surface area contributed by atoms with Crippen molar-refractivity contribution in [1.29, 1.82) is 0 Å². The zero-order chi connectivity index (χ0) is 15.4. The van der Waals surface area contributed by atoms with Crippen LogP contribution in [0.25, 0.3) is 0 Å². The molecule has 7 heteroatoms. The molecule has 112 valence electrons. The van der Waals surface area contributed by atoms with E-state index < -0.39 is 5.97 Å². The minimum Gasteiger partial charge on any atom is -0.462 e. The topological polar surface area (TPSA) is 56.1 Å². The Balaban J connectivity index is 2.18. The number of aryl methyl sites for hydroxylation is 1. The van der Waals surface area contributed by atoms with Crippen molar-refractivity contribution >= 4 is 27.6 Å². The molecule has 1 heterocycles. The molecule has 1 aromatic heterocycles. The number of halogens is 2. The summed E-state index contributed by atoms with van der Waals surface area (Å²) in [6.07, 6.45) is 1.47. The first-order valence-electron chi connectivity index (χ1n) is 6.39. The van der Waals surface area contributed by atoms with Crippen LogP contribution >= 0.6 is 15.9 Å². The lowest BCUT2D eigenvalue weighted by molar-refractivity contribution is 0.0525. The van der Waals surface area contributed by atoms with Gasteiger partial charge in [0.1, 0.15) is 11.4 Å². The highest BCUT2D eigenvalue weighted by Crippen LogP contribution is 2.24. The van der Waals surface area contributed by atoms with E-state index in [4.69, 9.17) is 4.74 Å². The Morgan fingerprint density at radius 3 is 3.00 bits per heavy atom. The van der Waals surface area contributed by atoms with E-state index in [0.29, 0.717) is 30.1 Å². The maximum absolute atomic E-state index is 13.2. The van der Waals surface area contributed by atoms with E-state index in [0.717, 1.165) is 4.47 Å². The van der Waals surface area contributed by atoms with Gasteiger partial charge in [-0.25, -0.2) is 9.18 Å². The number of hydrogen-bond acceptors (Lipinski definition) is 4. The van der Waals surface area contributed by atoms with E-state index in [1.54, 1.807) is 24.7 Å². The number of aromatic nitrogens is 2. The van der Waals surface area contributed by atoms with Crippen molar-refractivity contribution in [2.45, 2.75) is 13.5 Å². The Labute approximate surface area is 130 Å². The highest BCUT2D eigenvalue weighted by molar-refractivity contribution is 9.10. The highest BCUT2D eigenvalue weighted by Gasteiger charge is 2.17. The summed E-state index contributed by atoms with van der Waals surface area (Å²) in [5.41, 5.74) is 1.68. The van der Waals surface area contributed by atoms with E-state index in [2.05, 4.69) is 26.3 Å². The van der Waals surface area contributed by atoms with Crippen LogP contribution in [0.15, 0.2) is 28.9 Å². The maximum Gasteiger partial charge on any atom is 0.341 e. The molecule has 2 rings (SSSR count). The van der Waals surface area contributed by atoms with E-state index in [-0.39, 0.29) is 5.82 Å².